The van der Waals surface area contributed by atoms with Crippen molar-refractivity contribution in [1.29, 1.82) is 0 Å². The fourth-order valence-corrected chi connectivity index (χ4v) is 4.32. The van der Waals surface area contributed by atoms with Crippen LogP contribution in [0.15, 0.2) is 18.2 Å². The van der Waals surface area contributed by atoms with Gasteiger partial charge in [0.05, 0.1) is 11.1 Å². The summed E-state index contributed by atoms with van der Waals surface area (Å²) in [5.41, 5.74) is -1.07. The largest absolute Gasteiger partial charge is 0.416 e. The van der Waals surface area contributed by atoms with Gasteiger partial charge in [-0.15, -0.1) is 0 Å². The topological polar surface area (TPSA) is 64.7 Å². The zero-order valence-electron chi connectivity index (χ0n) is 15.7. The van der Waals surface area contributed by atoms with Crippen LogP contribution in [0.25, 0.3) is 0 Å². The molecule has 1 spiro atoms. The first kappa shape index (κ1) is 19.8. The first-order valence-electron chi connectivity index (χ1n) is 9.61. The van der Waals surface area contributed by atoms with E-state index in [-0.39, 0.29) is 29.1 Å². The average Bonchev–Trinajstić information content (AvgIpc) is 3.03. The maximum Gasteiger partial charge on any atom is 0.416 e. The van der Waals surface area contributed by atoms with Gasteiger partial charge in [-0.2, -0.15) is 13.2 Å². The summed E-state index contributed by atoms with van der Waals surface area (Å²) in [6, 6.07) is 2.38. The van der Waals surface area contributed by atoms with Crippen LogP contribution in [0.2, 0.25) is 0 Å². The van der Waals surface area contributed by atoms with Gasteiger partial charge >= 0.3 is 18.2 Å². The maximum absolute atomic E-state index is 14.1. The van der Waals surface area contributed by atoms with Crippen molar-refractivity contribution in [2.75, 3.05) is 32.7 Å². The average molecular weight is 414 g/mol. The molecule has 0 atom stereocenters. The van der Waals surface area contributed by atoms with E-state index in [1.807, 2.05) is 0 Å². The number of carbonyl (C=O) groups excluding carboxylic acids is 2. The number of urea groups is 2. The molecule has 1 aromatic rings. The van der Waals surface area contributed by atoms with Gasteiger partial charge in [0.15, 0.2) is 0 Å². The summed E-state index contributed by atoms with van der Waals surface area (Å²) in [7, 11) is 0. The van der Waals surface area contributed by atoms with E-state index in [0.717, 1.165) is 6.07 Å². The number of rotatable bonds is 2. The minimum atomic E-state index is -4.56. The van der Waals surface area contributed by atoms with Crippen molar-refractivity contribution in [3.8, 4) is 0 Å². The van der Waals surface area contributed by atoms with E-state index < -0.39 is 17.6 Å². The highest BCUT2D eigenvalue weighted by Crippen LogP contribution is 2.32. The van der Waals surface area contributed by atoms with E-state index >= 15 is 0 Å². The molecular formula is C19H22F4N4O2. The Labute approximate surface area is 165 Å². The second kappa shape index (κ2) is 7.07. The van der Waals surface area contributed by atoms with Gasteiger partial charge in [0, 0.05) is 32.7 Å². The Morgan fingerprint density at radius 3 is 2.41 bits per heavy atom. The highest BCUT2D eigenvalue weighted by atomic mass is 19.4. The van der Waals surface area contributed by atoms with Gasteiger partial charge < -0.3 is 20.4 Å². The molecule has 0 bridgehead atoms. The van der Waals surface area contributed by atoms with Crippen LogP contribution in [0.3, 0.4) is 0 Å². The van der Waals surface area contributed by atoms with E-state index in [0.29, 0.717) is 58.1 Å². The Morgan fingerprint density at radius 1 is 1.17 bits per heavy atom. The second-order valence-corrected chi connectivity index (χ2v) is 8.17. The fourth-order valence-electron chi connectivity index (χ4n) is 4.32. The third kappa shape index (κ3) is 3.97. The predicted octanol–water partition coefficient (Wildman–Crippen LogP) is 2.59. The van der Waals surface area contributed by atoms with Crippen molar-refractivity contribution < 1.29 is 27.2 Å². The molecule has 0 saturated carbocycles. The maximum atomic E-state index is 14.1. The first-order valence-corrected chi connectivity index (χ1v) is 9.61. The Bertz CT molecular complexity index is 815. The Hall–Kier alpha value is -2.52. The fraction of sp³-hybridized carbons (Fsp3) is 0.579. The van der Waals surface area contributed by atoms with Gasteiger partial charge in [0.2, 0.25) is 0 Å². The molecule has 0 aromatic heterocycles. The lowest BCUT2D eigenvalue weighted by Crippen LogP contribution is -2.71. The smallest absolute Gasteiger partial charge is 0.336 e. The predicted molar refractivity (Wildman–Crippen MR) is 95.6 cm³/mol. The lowest BCUT2D eigenvalue weighted by Gasteiger charge is -2.49. The van der Waals surface area contributed by atoms with Crippen LogP contribution >= 0.6 is 0 Å². The molecule has 29 heavy (non-hydrogen) atoms. The van der Waals surface area contributed by atoms with Crippen LogP contribution < -0.4 is 10.6 Å². The summed E-state index contributed by atoms with van der Waals surface area (Å²) in [5.74, 6) is -0.720. The lowest BCUT2D eigenvalue weighted by molar-refractivity contribution is -0.137. The zero-order chi connectivity index (χ0) is 20.8. The van der Waals surface area contributed by atoms with Crippen LogP contribution in [0.1, 0.15) is 24.0 Å². The molecule has 3 fully saturated rings. The lowest BCUT2D eigenvalue weighted by atomic mass is 9.89. The van der Waals surface area contributed by atoms with Gasteiger partial charge in [-0.25, -0.2) is 14.0 Å². The summed E-state index contributed by atoms with van der Waals surface area (Å²) in [6.07, 6.45) is -2.86. The molecule has 158 valence electrons. The molecule has 2 N–H and O–H groups in total. The highest BCUT2D eigenvalue weighted by Gasteiger charge is 2.50. The van der Waals surface area contributed by atoms with E-state index in [9.17, 15) is 27.2 Å². The Kier molecular flexibility index (Phi) is 4.82. The van der Waals surface area contributed by atoms with E-state index in [1.54, 1.807) is 9.80 Å². The zero-order valence-corrected chi connectivity index (χ0v) is 15.7. The van der Waals surface area contributed by atoms with Crippen molar-refractivity contribution >= 4 is 12.1 Å². The van der Waals surface area contributed by atoms with Crippen molar-refractivity contribution in [2.24, 2.45) is 5.92 Å². The van der Waals surface area contributed by atoms with Crippen molar-refractivity contribution in [3.05, 3.63) is 35.1 Å². The summed E-state index contributed by atoms with van der Waals surface area (Å²) in [6.45, 7) is 2.51. The van der Waals surface area contributed by atoms with Gasteiger partial charge in [-0.3, -0.25) is 0 Å². The molecule has 4 rings (SSSR count). The van der Waals surface area contributed by atoms with E-state index in [2.05, 4.69) is 10.6 Å². The monoisotopic (exact) mass is 414 g/mol. The number of nitrogens with one attached hydrogen (secondary N) is 2. The minimum Gasteiger partial charge on any atom is -0.336 e. The van der Waals surface area contributed by atoms with Crippen molar-refractivity contribution in [3.63, 3.8) is 0 Å². The number of halogens is 4. The molecule has 1 aromatic carbocycles. The quantitative estimate of drug-likeness (QED) is 0.731. The SMILES string of the molecule is O=C1NCC2(CN(C(=O)N3CCC(Cc4ccc(C(F)(F)F)cc4F)CC3)C2)N1. The Morgan fingerprint density at radius 2 is 1.86 bits per heavy atom. The summed E-state index contributed by atoms with van der Waals surface area (Å²) < 4.78 is 52.0. The number of hydrogen-bond donors (Lipinski definition) is 2. The third-order valence-corrected chi connectivity index (χ3v) is 6.00. The molecule has 0 radical (unpaired) electrons. The molecule has 0 unspecified atom stereocenters. The molecule has 0 aliphatic carbocycles. The normalized spacial score (nSPS) is 21.7. The molecule has 3 aliphatic rings. The van der Waals surface area contributed by atoms with E-state index in [4.69, 9.17) is 0 Å². The van der Waals surface area contributed by atoms with Crippen LogP contribution in [-0.2, 0) is 12.6 Å². The van der Waals surface area contributed by atoms with Gasteiger partial charge in [0.1, 0.15) is 5.82 Å². The highest BCUT2D eigenvalue weighted by molar-refractivity contribution is 5.80. The Balaban J connectivity index is 1.27. The second-order valence-electron chi connectivity index (χ2n) is 8.17. The molecule has 10 heteroatoms. The van der Waals surface area contributed by atoms with Crippen LogP contribution in [0, 0.1) is 11.7 Å². The van der Waals surface area contributed by atoms with Gasteiger partial charge in [-0.1, -0.05) is 6.07 Å². The number of likely N-dealkylation sites (tertiary alicyclic amines) is 2. The summed E-state index contributed by atoms with van der Waals surface area (Å²) in [4.78, 5) is 27.3. The molecule has 4 amide bonds. The molecular weight excluding hydrogens is 392 g/mol. The van der Waals surface area contributed by atoms with Crippen LogP contribution in [0.4, 0.5) is 27.2 Å². The number of alkyl halides is 3. The van der Waals surface area contributed by atoms with E-state index in [1.165, 1.54) is 6.07 Å². The number of benzene rings is 1. The first-order chi connectivity index (χ1) is 13.7. The molecule has 3 aliphatic heterocycles. The van der Waals surface area contributed by atoms with Gasteiger partial charge in [-0.05, 0) is 42.9 Å². The number of piperidine rings is 1. The van der Waals surface area contributed by atoms with Crippen molar-refractivity contribution in [2.45, 2.75) is 31.0 Å². The summed E-state index contributed by atoms with van der Waals surface area (Å²) >= 11 is 0. The van der Waals surface area contributed by atoms with Gasteiger partial charge in [0.25, 0.3) is 0 Å². The third-order valence-electron chi connectivity index (χ3n) is 6.00. The molecule has 6 nitrogen and oxygen atoms in total. The molecule has 3 heterocycles. The summed E-state index contributed by atoms with van der Waals surface area (Å²) in [5, 5.41) is 5.54. The number of amides is 4. The number of carbonyl (C=O) groups is 2. The van der Waals surface area contributed by atoms with Crippen LogP contribution in [0.5, 0.6) is 0 Å². The van der Waals surface area contributed by atoms with Crippen molar-refractivity contribution in [1.82, 2.24) is 20.4 Å². The number of hydrogen-bond acceptors (Lipinski definition) is 2. The standard InChI is InChI=1S/C19H22F4N4O2/c20-15-8-14(19(21,22)23)2-1-13(15)7-12-3-5-26(6-4-12)17(29)27-10-18(11-27)9-24-16(28)25-18/h1-2,8,12H,3-7,9-11H2,(H2,24,25,28). The number of nitrogens with zero attached hydrogens (tertiary/aromatic N) is 2. The minimum absolute atomic E-state index is 0.0732. The molecule has 3 saturated heterocycles. The van der Waals surface area contributed by atoms with Crippen LogP contribution in [-0.4, -0.2) is 60.1 Å².